The smallest absolute Gasteiger partial charge is 0.273 e. The summed E-state index contributed by atoms with van der Waals surface area (Å²) in [5.74, 6) is -0.165. The maximum Gasteiger partial charge on any atom is 0.273 e. The van der Waals surface area contributed by atoms with E-state index < -0.39 is 5.91 Å². The van der Waals surface area contributed by atoms with E-state index in [1.807, 2.05) is 30.3 Å². The minimum atomic E-state index is -0.687. The number of nitrogens with two attached hydrogens (primary N) is 1. The molecule has 0 aliphatic carbocycles. The quantitative estimate of drug-likeness (QED) is 0.688. The van der Waals surface area contributed by atoms with Crippen LogP contribution in [0.1, 0.15) is 16.3 Å². The van der Waals surface area contributed by atoms with Crippen molar-refractivity contribution in [3.8, 4) is 11.3 Å². The van der Waals surface area contributed by atoms with Crippen LogP contribution in [0.3, 0.4) is 0 Å². The summed E-state index contributed by atoms with van der Waals surface area (Å²) in [5.41, 5.74) is 10.8. The number of rotatable bonds is 5. The molecule has 2 aromatic heterocycles. The molecule has 1 fully saturated rings. The summed E-state index contributed by atoms with van der Waals surface area (Å²) in [6, 6.07) is 9.54. The number of benzene rings is 1. The lowest BCUT2D eigenvalue weighted by molar-refractivity contribution is 0.0101. The molecular formula is C17H18N6O3. The van der Waals surface area contributed by atoms with Gasteiger partial charge in [-0.15, -0.1) is 0 Å². The third-order valence-corrected chi connectivity index (χ3v) is 4.12. The number of fused-ring (bicyclic) bond motifs is 1. The van der Waals surface area contributed by atoms with Crippen molar-refractivity contribution in [2.75, 3.05) is 26.3 Å². The summed E-state index contributed by atoms with van der Waals surface area (Å²) in [5, 5.41) is 5.83. The molecular weight excluding hydrogens is 336 g/mol. The molecule has 1 saturated heterocycles. The Morgan fingerprint density at radius 1 is 1.19 bits per heavy atom. The second kappa shape index (κ2) is 7.16. The van der Waals surface area contributed by atoms with Crippen LogP contribution in [0.4, 0.5) is 0 Å². The normalized spacial score (nSPS) is 15.4. The minimum absolute atomic E-state index is 0.00667. The van der Waals surface area contributed by atoms with E-state index in [0.29, 0.717) is 42.4 Å². The topological polar surface area (TPSA) is 119 Å². The average molecular weight is 354 g/mol. The van der Waals surface area contributed by atoms with E-state index in [1.165, 1.54) is 0 Å². The highest BCUT2D eigenvalue weighted by atomic mass is 16.5. The van der Waals surface area contributed by atoms with Gasteiger partial charge in [0.25, 0.3) is 5.91 Å². The molecule has 3 aromatic rings. The Morgan fingerprint density at radius 2 is 1.96 bits per heavy atom. The molecule has 0 radical (unpaired) electrons. The number of carbonyl (C=O) groups excluding carboxylic acids is 1. The number of hydrogen-bond acceptors (Lipinski definition) is 8. The van der Waals surface area contributed by atoms with E-state index in [0.717, 1.165) is 18.7 Å². The number of nitrogens with zero attached hydrogens (tertiary/aromatic N) is 4. The van der Waals surface area contributed by atoms with E-state index >= 15 is 0 Å². The van der Waals surface area contributed by atoms with Crippen LogP contribution in [-0.2, 0) is 11.3 Å². The summed E-state index contributed by atoms with van der Waals surface area (Å²) in [6.45, 7) is 3.33. The molecule has 3 heterocycles. The third-order valence-electron chi connectivity index (χ3n) is 4.12. The Balaban J connectivity index is 1.72. The molecule has 9 heteroatoms. The first-order valence-electron chi connectivity index (χ1n) is 8.30. The molecule has 9 nitrogen and oxygen atoms in total. The van der Waals surface area contributed by atoms with Crippen molar-refractivity contribution >= 4 is 17.0 Å². The zero-order valence-electron chi connectivity index (χ0n) is 14.0. The van der Waals surface area contributed by atoms with Crippen LogP contribution in [0.2, 0.25) is 0 Å². The summed E-state index contributed by atoms with van der Waals surface area (Å²) in [6.07, 6.45) is 0. The van der Waals surface area contributed by atoms with Crippen LogP contribution in [-0.4, -0.2) is 52.3 Å². The number of nitrogens with one attached hydrogen (secondary N) is 1. The van der Waals surface area contributed by atoms with Crippen LogP contribution in [0.5, 0.6) is 0 Å². The molecule has 0 unspecified atom stereocenters. The van der Waals surface area contributed by atoms with Crippen LogP contribution in [0.15, 0.2) is 34.9 Å². The Hall–Kier alpha value is -2.88. The van der Waals surface area contributed by atoms with Gasteiger partial charge in [-0.3, -0.25) is 4.79 Å². The summed E-state index contributed by atoms with van der Waals surface area (Å²) >= 11 is 0. The van der Waals surface area contributed by atoms with Gasteiger partial charge in [0, 0.05) is 18.7 Å². The van der Waals surface area contributed by atoms with E-state index in [1.54, 1.807) is 0 Å². The number of hydrazine groups is 1. The number of ether oxygens (including phenoxy) is 1. The molecule has 0 bridgehead atoms. The molecule has 1 amide bonds. The van der Waals surface area contributed by atoms with Crippen molar-refractivity contribution in [3.63, 3.8) is 0 Å². The first-order valence-corrected chi connectivity index (χ1v) is 8.30. The molecule has 1 aromatic carbocycles. The summed E-state index contributed by atoms with van der Waals surface area (Å²) in [4.78, 5) is 20.7. The van der Waals surface area contributed by atoms with E-state index in [4.69, 9.17) is 15.0 Å². The molecule has 3 N–H and O–H groups in total. The highest BCUT2D eigenvalue weighted by molar-refractivity contribution is 6.04. The van der Waals surface area contributed by atoms with Gasteiger partial charge in [-0.2, -0.15) is 0 Å². The molecule has 1 aliphatic rings. The second-order valence-corrected chi connectivity index (χ2v) is 5.86. The Bertz CT molecular complexity index is 921. The molecule has 4 rings (SSSR count). The summed E-state index contributed by atoms with van der Waals surface area (Å²) < 4.78 is 10.7. The van der Waals surface area contributed by atoms with Crippen molar-refractivity contribution in [3.05, 3.63) is 41.9 Å². The number of primary amides is 1. The van der Waals surface area contributed by atoms with Crippen LogP contribution >= 0.6 is 0 Å². The monoisotopic (exact) mass is 354 g/mol. The van der Waals surface area contributed by atoms with Crippen molar-refractivity contribution in [1.29, 1.82) is 0 Å². The van der Waals surface area contributed by atoms with E-state index in [2.05, 4.69) is 25.6 Å². The Kier molecular flexibility index (Phi) is 4.57. The fourth-order valence-electron chi connectivity index (χ4n) is 2.81. The molecule has 0 saturated carbocycles. The summed E-state index contributed by atoms with van der Waals surface area (Å²) in [7, 11) is 0. The minimum Gasteiger partial charge on any atom is -0.379 e. The van der Waals surface area contributed by atoms with Gasteiger partial charge in [0.05, 0.1) is 19.8 Å². The number of carbonyl (C=O) groups is 1. The molecule has 134 valence electrons. The maximum absolute atomic E-state index is 11.6. The Labute approximate surface area is 149 Å². The lowest BCUT2D eigenvalue weighted by atomic mass is 10.1. The van der Waals surface area contributed by atoms with Gasteiger partial charge >= 0.3 is 0 Å². The van der Waals surface area contributed by atoms with Gasteiger partial charge < -0.3 is 15.0 Å². The average Bonchev–Trinajstić information content (AvgIpc) is 3.11. The fraction of sp³-hybridized carbons (Fsp3) is 0.294. The first kappa shape index (κ1) is 16.6. The molecule has 1 aliphatic heterocycles. The fourth-order valence-corrected chi connectivity index (χ4v) is 2.81. The highest BCUT2D eigenvalue weighted by Crippen LogP contribution is 2.27. The van der Waals surface area contributed by atoms with Crippen LogP contribution in [0.25, 0.3) is 22.4 Å². The lowest BCUT2D eigenvalue weighted by Crippen LogP contribution is -2.45. The number of aromatic nitrogens is 3. The predicted molar refractivity (Wildman–Crippen MR) is 92.8 cm³/mol. The number of hydrogen-bond donors (Lipinski definition) is 2. The highest BCUT2D eigenvalue weighted by Gasteiger charge is 2.21. The Morgan fingerprint density at radius 3 is 2.69 bits per heavy atom. The van der Waals surface area contributed by atoms with E-state index in [9.17, 15) is 4.79 Å². The number of morpholine rings is 1. The maximum atomic E-state index is 11.6. The van der Waals surface area contributed by atoms with Gasteiger partial charge in [0.1, 0.15) is 17.0 Å². The third kappa shape index (κ3) is 3.27. The second-order valence-electron chi connectivity index (χ2n) is 5.86. The lowest BCUT2D eigenvalue weighted by Gasteiger charge is -2.26. The molecule has 0 atom stereocenters. The van der Waals surface area contributed by atoms with Crippen molar-refractivity contribution in [2.45, 2.75) is 6.54 Å². The van der Waals surface area contributed by atoms with E-state index in [-0.39, 0.29) is 5.69 Å². The molecule has 26 heavy (non-hydrogen) atoms. The SMILES string of the molecule is NC(=O)c1noc2c(-c3ccccc3)nc(CNN3CCOCC3)nc12. The first-order chi connectivity index (χ1) is 12.7. The zero-order valence-corrected chi connectivity index (χ0v) is 14.0. The van der Waals surface area contributed by atoms with Crippen molar-refractivity contribution in [2.24, 2.45) is 5.73 Å². The van der Waals surface area contributed by atoms with Crippen molar-refractivity contribution < 1.29 is 14.1 Å². The van der Waals surface area contributed by atoms with Crippen LogP contribution in [0, 0.1) is 0 Å². The van der Waals surface area contributed by atoms with Gasteiger partial charge in [0.2, 0.25) is 5.58 Å². The van der Waals surface area contributed by atoms with Gasteiger partial charge in [-0.05, 0) is 0 Å². The van der Waals surface area contributed by atoms with Crippen molar-refractivity contribution in [1.82, 2.24) is 25.6 Å². The molecule has 0 spiro atoms. The zero-order chi connectivity index (χ0) is 17.9. The van der Waals surface area contributed by atoms with Gasteiger partial charge in [-0.1, -0.05) is 35.5 Å². The van der Waals surface area contributed by atoms with Gasteiger partial charge in [-0.25, -0.2) is 20.4 Å². The van der Waals surface area contributed by atoms with Gasteiger partial charge in [0.15, 0.2) is 5.69 Å². The largest absolute Gasteiger partial charge is 0.379 e. The predicted octanol–water partition coefficient (Wildman–Crippen LogP) is 0.720. The number of amides is 1. The van der Waals surface area contributed by atoms with Crippen LogP contribution < -0.4 is 11.2 Å². The standard InChI is InChI=1S/C17H18N6O3/c18-17(24)15-14-16(26-22-15)13(11-4-2-1-3-5-11)20-12(21-14)10-19-23-6-8-25-9-7-23/h1-5,19H,6-10H2,(H2,18,24).